The fourth-order valence-corrected chi connectivity index (χ4v) is 5.40. The first kappa shape index (κ1) is 32.5. The zero-order chi connectivity index (χ0) is 32.2. The second-order valence-corrected chi connectivity index (χ2v) is 11.1. The molecule has 5 rings (SSSR count). The van der Waals surface area contributed by atoms with Gasteiger partial charge in [-0.3, -0.25) is 5.32 Å². The van der Waals surface area contributed by atoms with Gasteiger partial charge in [0.25, 0.3) is 0 Å². The number of phenols is 2. The Morgan fingerprint density at radius 3 is 2.16 bits per heavy atom. The molecule has 0 bridgehead atoms. The number of carbonyl (C=O) groups excluding carboxylic acids is 1. The van der Waals surface area contributed by atoms with E-state index in [1.54, 1.807) is 26.0 Å². The van der Waals surface area contributed by atoms with E-state index in [0.29, 0.717) is 47.8 Å². The van der Waals surface area contributed by atoms with E-state index in [9.17, 15) is 28.2 Å². The number of esters is 1. The molecule has 1 fully saturated rings. The highest BCUT2D eigenvalue weighted by Gasteiger charge is 2.38. The van der Waals surface area contributed by atoms with Gasteiger partial charge in [0, 0.05) is 45.3 Å². The van der Waals surface area contributed by atoms with Gasteiger partial charge in [0.2, 0.25) is 5.95 Å². The summed E-state index contributed by atoms with van der Waals surface area (Å²) in [5.74, 6) is -1.40. The van der Waals surface area contributed by atoms with E-state index >= 15 is 0 Å². The summed E-state index contributed by atoms with van der Waals surface area (Å²) in [6.45, 7) is 8.69. The lowest BCUT2D eigenvalue weighted by atomic mass is 9.99. The number of carboxylic acids is 1. The van der Waals surface area contributed by atoms with Crippen LogP contribution in [-0.4, -0.2) is 99.7 Å². The Morgan fingerprint density at radius 1 is 0.977 bits per heavy atom. The lowest BCUT2D eigenvalue weighted by molar-refractivity contribution is -0.192. The maximum Gasteiger partial charge on any atom is 0.490 e. The summed E-state index contributed by atoms with van der Waals surface area (Å²) < 4.78 is 36.9. The number of halogens is 3. The van der Waals surface area contributed by atoms with Gasteiger partial charge in [0.05, 0.1) is 12.3 Å². The van der Waals surface area contributed by atoms with Gasteiger partial charge in [-0.25, -0.2) is 14.6 Å². The number of rotatable bonds is 6. The molecule has 0 unspecified atom stereocenters. The zero-order valence-electron chi connectivity index (χ0n) is 24.2. The van der Waals surface area contributed by atoms with Crippen molar-refractivity contribution < 1.29 is 42.8 Å². The Morgan fingerprint density at radius 2 is 1.57 bits per heavy atom. The third-order valence-electron chi connectivity index (χ3n) is 6.88. The van der Waals surface area contributed by atoms with Gasteiger partial charge in [0.1, 0.15) is 16.5 Å². The largest absolute Gasteiger partial charge is 0.504 e. The summed E-state index contributed by atoms with van der Waals surface area (Å²) in [4.78, 5) is 42.4. The number of thiazole rings is 1. The average molecular weight is 640 g/mol. The number of hydrogen-bond acceptors (Lipinski definition) is 13. The van der Waals surface area contributed by atoms with Crippen LogP contribution < -0.4 is 15.1 Å². The van der Waals surface area contributed by atoms with E-state index in [2.05, 4.69) is 32.0 Å². The SMILES string of the molecule is CCOC(=O)c1sc(Nc2nc(N3CCN(C)CC3)cc(N3CCc4cc(O)c(O)cc4C3)n2)nc1C.O=C(O)C(F)(F)F. The fourth-order valence-electron chi connectivity index (χ4n) is 4.55. The molecule has 0 atom stereocenters. The average Bonchev–Trinajstić information content (AvgIpc) is 3.33. The lowest BCUT2D eigenvalue weighted by Gasteiger charge is -2.34. The second kappa shape index (κ2) is 13.5. The number of aromatic nitrogens is 3. The molecule has 0 radical (unpaired) electrons. The Labute approximate surface area is 254 Å². The summed E-state index contributed by atoms with van der Waals surface area (Å²) in [6, 6.07) is 5.25. The van der Waals surface area contributed by atoms with Crippen molar-refractivity contribution >= 4 is 46.0 Å². The number of piperazine rings is 1. The van der Waals surface area contributed by atoms with Crippen LogP contribution in [0.1, 0.15) is 33.4 Å². The maximum absolute atomic E-state index is 12.3. The number of anilines is 4. The summed E-state index contributed by atoms with van der Waals surface area (Å²) in [5, 5.41) is 30.8. The van der Waals surface area contributed by atoms with Gasteiger partial charge in [-0.15, -0.1) is 0 Å². The van der Waals surface area contributed by atoms with Crippen molar-refractivity contribution in [3.8, 4) is 11.5 Å². The highest BCUT2D eigenvalue weighted by atomic mass is 32.1. The van der Waals surface area contributed by atoms with Crippen LogP contribution in [0, 0.1) is 6.92 Å². The van der Waals surface area contributed by atoms with Crippen LogP contribution in [0.3, 0.4) is 0 Å². The summed E-state index contributed by atoms with van der Waals surface area (Å²) in [7, 11) is 2.11. The van der Waals surface area contributed by atoms with Crippen molar-refractivity contribution in [2.24, 2.45) is 0 Å². The number of likely N-dealkylation sites (N-methyl/N-ethyl adjacent to an activating group) is 1. The van der Waals surface area contributed by atoms with Crippen LogP contribution in [0.4, 0.5) is 35.9 Å². The molecule has 17 heteroatoms. The molecule has 13 nitrogen and oxygen atoms in total. The van der Waals surface area contributed by atoms with Crippen molar-refractivity contribution in [3.05, 3.63) is 39.9 Å². The first-order valence-corrected chi connectivity index (χ1v) is 14.4. The molecule has 0 spiro atoms. The highest BCUT2D eigenvalue weighted by Crippen LogP contribution is 2.34. The van der Waals surface area contributed by atoms with Crippen molar-refractivity contribution in [2.45, 2.75) is 33.0 Å². The van der Waals surface area contributed by atoms with Crippen molar-refractivity contribution in [1.82, 2.24) is 19.9 Å². The standard InChI is InChI=1S/C25H31N7O4S.C2HF3O2/c1-4-36-23(35)22-15(2)26-25(37-22)29-24-27-20(31-9-7-30(3)8-10-31)13-21(28-24)32-6-5-16-11-18(33)19(34)12-17(16)14-32;3-2(4,5)1(6)7/h11-13,33-34H,4-10,14H2,1-3H3,(H,26,27,28,29);(H,6,7). The quantitative estimate of drug-likeness (QED) is 0.229. The smallest absolute Gasteiger partial charge is 0.490 e. The van der Waals surface area contributed by atoms with E-state index in [4.69, 9.17) is 24.6 Å². The van der Waals surface area contributed by atoms with Gasteiger partial charge in [-0.1, -0.05) is 11.3 Å². The Hall–Kier alpha value is -4.38. The van der Waals surface area contributed by atoms with Gasteiger partial charge in [-0.05, 0) is 50.6 Å². The van der Waals surface area contributed by atoms with E-state index < -0.39 is 12.1 Å². The minimum absolute atomic E-state index is 0.0981. The van der Waals surface area contributed by atoms with Crippen LogP contribution in [-0.2, 0) is 22.5 Å². The van der Waals surface area contributed by atoms with Gasteiger partial charge >= 0.3 is 18.1 Å². The van der Waals surface area contributed by atoms with Crippen LogP contribution >= 0.6 is 11.3 Å². The van der Waals surface area contributed by atoms with E-state index in [-0.39, 0.29) is 17.5 Å². The number of aromatic hydroxyl groups is 2. The number of carbonyl (C=O) groups is 2. The summed E-state index contributed by atoms with van der Waals surface area (Å²) in [6.07, 6.45) is -4.37. The number of fused-ring (bicyclic) bond motifs is 1. The Kier molecular flexibility index (Phi) is 9.98. The van der Waals surface area contributed by atoms with Crippen molar-refractivity contribution in [1.29, 1.82) is 0 Å². The van der Waals surface area contributed by atoms with Gasteiger partial charge in [0.15, 0.2) is 16.6 Å². The van der Waals surface area contributed by atoms with Crippen LogP contribution in [0.2, 0.25) is 0 Å². The molecule has 4 heterocycles. The summed E-state index contributed by atoms with van der Waals surface area (Å²) >= 11 is 1.22. The zero-order valence-corrected chi connectivity index (χ0v) is 25.0. The molecule has 3 aromatic rings. The minimum Gasteiger partial charge on any atom is -0.504 e. The second-order valence-electron chi connectivity index (χ2n) is 10.1. The third kappa shape index (κ3) is 7.96. The lowest BCUT2D eigenvalue weighted by Crippen LogP contribution is -2.45. The topological polar surface area (TPSA) is 164 Å². The molecule has 4 N–H and O–H groups in total. The number of aryl methyl sites for hydroxylation is 1. The molecule has 0 saturated carbocycles. The number of ether oxygens (including phenoxy) is 1. The molecule has 238 valence electrons. The monoisotopic (exact) mass is 639 g/mol. The number of nitrogens with one attached hydrogen (secondary N) is 1. The van der Waals surface area contributed by atoms with E-state index in [1.807, 2.05) is 6.07 Å². The Bertz CT molecular complexity index is 1510. The number of aliphatic carboxylic acids is 1. The number of hydrogen-bond donors (Lipinski definition) is 4. The molecule has 1 aromatic carbocycles. The van der Waals surface area contributed by atoms with E-state index in [1.165, 1.54) is 11.3 Å². The molecule has 0 aliphatic carbocycles. The third-order valence-corrected chi connectivity index (χ3v) is 7.93. The van der Waals surface area contributed by atoms with Gasteiger partial charge < -0.3 is 34.8 Å². The predicted octanol–water partition coefficient (Wildman–Crippen LogP) is 3.52. The molecule has 0 amide bonds. The molecule has 2 aromatic heterocycles. The summed E-state index contributed by atoms with van der Waals surface area (Å²) in [5.41, 5.74) is 2.56. The molecule has 1 saturated heterocycles. The van der Waals surface area contributed by atoms with E-state index in [0.717, 1.165) is 48.9 Å². The highest BCUT2D eigenvalue weighted by molar-refractivity contribution is 7.17. The Balaban J connectivity index is 0.000000566. The number of carboxylic acid groups (broad SMARTS) is 1. The minimum atomic E-state index is -5.08. The molecular weight excluding hydrogens is 607 g/mol. The molecule has 44 heavy (non-hydrogen) atoms. The predicted molar refractivity (Wildman–Crippen MR) is 156 cm³/mol. The van der Waals surface area contributed by atoms with Crippen LogP contribution in [0.25, 0.3) is 0 Å². The van der Waals surface area contributed by atoms with Crippen LogP contribution in [0.15, 0.2) is 18.2 Å². The van der Waals surface area contributed by atoms with Gasteiger partial charge in [-0.2, -0.15) is 23.1 Å². The number of benzene rings is 1. The molecule has 2 aliphatic rings. The number of phenolic OH excluding ortho intramolecular Hbond substituents is 2. The fraction of sp³-hybridized carbons (Fsp3) is 0.444. The van der Waals surface area contributed by atoms with Crippen LogP contribution in [0.5, 0.6) is 11.5 Å². The normalized spacial score (nSPS) is 15.2. The number of nitrogens with zero attached hydrogens (tertiary/aromatic N) is 6. The first-order valence-electron chi connectivity index (χ1n) is 13.6. The molecule has 2 aliphatic heterocycles. The first-order chi connectivity index (χ1) is 20.7. The maximum atomic E-state index is 12.3. The molecular formula is C27H32F3N7O6S. The van der Waals surface area contributed by atoms with Crippen molar-refractivity contribution in [3.63, 3.8) is 0 Å². The number of alkyl halides is 3. The van der Waals surface area contributed by atoms with Crippen molar-refractivity contribution in [2.75, 3.05) is 61.5 Å².